The summed E-state index contributed by atoms with van der Waals surface area (Å²) in [6, 6.07) is 6.99. The van der Waals surface area contributed by atoms with Crippen molar-refractivity contribution in [1.29, 1.82) is 0 Å². The number of nitrogens with zero attached hydrogens (tertiary/aromatic N) is 4. The molecular weight excluding hydrogens is 513 g/mol. The Labute approximate surface area is 233 Å². The lowest BCUT2D eigenvalue weighted by atomic mass is 9.65. The van der Waals surface area contributed by atoms with Crippen LogP contribution in [0.3, 0.4) is 0 Å². The molecule has 6 rings (SSSR count). The van der Waals surface area contributed by atoms with Crippen molar-refractivity contribution in [2.45, 2.75) is 45.4 Å². The molecule has 3 aromatic rings. The Hall–Kier alpha value is -3.63. The smallest absolute Gasteiger partial charge is 0.274 e. The third-order valence-electron chi connectivity index (χ3n) is 7.93. The third kappa shape index (κ3) is 5.38. The van der Waals surface area contributed by atoms with Gasteiger partial charge in [0.05, 0.1) is 38.3 Å². The zero-order valence-electron chi connectivity index (χ0n) is 23.1. The molecule has 1 amide bonds. The van der Waals surface area contributed by atoms with Gasteiger partial charge in [0, 0.05) is 47.7 Å². The van der Waals surface area contributed by atoms with Crippen molar-refractivity contribution in [3.8, 4) is 17.0 Å². The molecule has 0 aromatic carbocycles. The number of aromatic nitrogens is 3. The highest BCUT2D eigenvalue weighted by atomic mass is 19.1. The molecule has 1 N–H and O–H groups in total. The number of pyridine rings is 3. The molecule has 9 nitrogen and oxygen atoms in total. The van der Waals surface area contributed by atoms with E-state index >= 15 is 0 Å². The molecule has 1 aliphatic carbocycles. The van der Waals surface area contributed by atoms with E-state index in [1.54, 1.807) is 18.5 Å². The van der Waals surface area contributed by atoms with Gasteiger partial charge in [-0.15, -0.1) is 0 Å². The van der Waals surface area contributed by atoms with Crippen molar-refractivity contribution in [2.75, 3.05) is 49.7 Å². The summed E-state index contributed by atoms with van der Waals surface area (Å²) in [5.41, 5.74) is 3.18. The first-order chi connectivity index (χ1) is 19.2. The maximum absolute atomic E-state index is 14.4. The van der Waals surface area contributed by atoms with Crippen LogP contribution in [0.15, 0.2) is 42.9 Å². The lowest BCUT2D eigenvalue weighted by Gasteiger charge is -2.52. The zero-order chi connectivity index (χ0) is 27.9. The third-order valence-corrected chi connectivity index (χ3v) is 7.93. The Balaban J connectivity index is 1.25. The van der Waals surface area contributed by atoms with Gasteiger partial charge in [0.1, 0.15) is 23.2 Å². The van der Waals surface area contributed by atoms with Crippen LogP contribution in [0.4, 0.5) is 15.8 Å². The number of hydrogen-bond acceptors (Lipinski definition) is 8. The number of carbonyl (C=O) groups excluding carboxylic acids is 1. The molecule has 3 fully saturated rings. The Morgan fingerprint density at radius 2 is 1.88 bits per heavy atom. The van der Waals surface area contributed by atoms with E-state index in [9.17, 15) is 9.18 Å². The van der Waals surface area contributed by atoms with E-state index in [2.05, 4.69) is 26.3 Å². The minimum absolute atomic E-state index is 0.134. The first-order valence-electron chi connectivity index (χ1n) is 13.7. The number of anilines is 2. The van der Waals surface area contributed by atoms with Gasteiger partial charge in [-0.2, -0.15) is 0 Å². The van der Waals surface area contributed by atoms with Crippen molar-refractivity contribution in [2.24, 2.45) is 5.41 Å². The van der Waals surface area contributed by atoms with E-state index in [0.717, 1.165) is 61.7 Å². The van der Waals surface area contributed by atoms with E-state index < -0.39 is 11.6 Å². The molecule has 3 aliphatic rings. The van der Waals surface area contributed by atoms with Gasteiger partial charge in [-0.05, 0) is 63.4 Å². The van der Waals surface area contributed by atoms with Crippen molar-refractivity contribution in [3.05, 3.63) is 59.8 Å². The second-order valence-corrected chi connectivity index (χ2v) is 11.5. The van der Waals surface area contributed by atoms with Crippen LogP contribution in [-0.4, -0.2) is 66.5 Å². The predicted molar refractivity (Wildman–Crippen MR) is 148 cm³/mol. The molecule has 5 heterocycles. The standard InChI is InChI=1S/C30H34FN5O4/c1-19-24(12-22(16-33-19)35-27(37)25-11-21(4-5-32-25)29(2,3)31)20-10-26(36-6-8-38-9-7-36)28(34-15-20)40-23-13-30(14-23)17-39-18-30/h4-5,10-12,15-16,23H,6-9,13-14,17-18H2,1-3H3,(H,35,37). The normalized spacial score (nSPS) is 18.6. The lowest BCUT2D eigenvalue weighted by molar-refractivity contribution is -0.191. The molecule has 2 saturated heterocycles. The van der Waals surface area contributed by atoms with E-state index in [0.29, 0.717) is 35.8 Å². The SMILES string of the molecule is Cc1ncc(NC(=O)c2cc(C(C)(C)F)ccn2)cc1-c1cnc(OC2CC3(COC3)C2)c(N2CCOCC2)c1. The molecule has 0 bridgehead atoms. The van der Waals surface area contributed by atoms with Crippen molar-refractivity contribution >= 4 is 17.3 Å². The summed E-state index contributed by atoms with van der Waals surface area (Å²) < 4.78 is 31.8. The van der Waals surface area contributed by atoms with Crippen LogP contribution in [0.1, 0.15) is 48.4 Å². The molecule has 10 heteroatoms. The Bertz CT molecular complexity index is 1410. The average Bonchev–Trinajstić information content (AvgIpc) is 2.90. The highest BCUT2D eigenvalue weighted by molar-refractivity contribution is 6.03. The van der Waals surface area contributed by atoms with Gasteiger partial charge in [-0.3, -0.25) is 14.8 Å². The fourth-order valence-electron chi connectivity index (χ4n) is 5.50. The van der Waals surface area contributed by atoms with Crippen molar-refractivity contribution in [3.63, 3.8) is 0 Å². The number of aryl methyl sites for hydroxylation is 1. The minimum atomic E-state index is -1.58. The minimum Gasteiger partial charge on any atom is -0.473 e. The number of rotatable bonds is 7. The maximum atomic E-state index is 14.4. The maximum Gasteiger partial charge on any atom is 0.274 e. The summed E-state index contributed by atoms with van der Waals surface area (Å²) in [5.74, 6) is 0.191. The fourth-order valence-corrected chi connectivity index (χ4v) is 5.50. The summed E-state index contributed by atoms with van der Waals surface area (Å²) in [4.78, 5) is 28.6. The Morgan fingerprint density at radius 3 is 2.58 bits per heavy atom. The zero-order valence-corrected chi connectivity index (χ0v) is 23.1. The molecule has 1 saturated carbocycles. The first kappa shape index (κ1) is 26.6. The molecule has 2 aliphatic heterocycles. The van der Waals surface area contributed by atoms with Gasteiger partial charge in [0.2, 0.25) is 5.88 Å². The van der Waals surface area contributed by atoms with Gasteiger partial charge in [-0.25, -0.2) is 9.37 Å². The second-order valence-electron chi connectivity index (χ2n) is 11.5. The van der Waals surface area contributed by atoms with E-state index in [1.807, 2.05) is 13.0 Å². The molecular formula is C30H34FN5O4. The molecule has 40 heavy (non-hydrogen) atoms. The number of nitrogens with one attached hydrogen (secondary N) is 1. The van der Waals surface area contributed by atoms with E-state index in [-0.39, 0.29) is 11.8 Å². The molecule has 0 unspecified atom stereocenters. The van der Waals surface area contributed by atoms with Crippen LogP contribution >= 0.6 is 0 Å². The number of hydrogen-bond donors (Lipinski definition) is 1. The largest absolute Gasteiger partial charge is 0.473 e. The van der Waals surface area contributed by atoms with Crippen LogP contribution in [0.2, 0.25) is 0 Å². The highest BCUT2D eigenvalue weighted by Gasteiger charge is 2.51. The lowest BCUT2D eigenvalue weighted by Crippen LogP contribution is -2.56. The monoisotopic (exact) mass is 547 g/mol. The average molecular weight is 548 g/mol. The van der Waals surface area contributed by atoms with Crippen molar-refractivity contribution < 1.29 is 23.4 Å². The molecule has 1 spiro atoms. The summed E-state index contributed by atoms with van der Waals surface area (Å²) in [6.07, 6.45) is 6.96. The Morgan fingerprint density at radius 1 is 1.10 bits per heavy atom. The van der Waals surface area contributed by atoms with Crippen LogP contribution < -0.4 is 15.0 Å². The number of ether oxygens (including phenoxy) is 3. The summed E-state index contributed by atoms with van der Waals surface area (Å²) in [7, 11) is 0. The van der Waals surface area contributed by atoms with Gasteiger partial charge < -0.3 is 24.4 Å². The van der Waals surface area contributed by atoms with Gasteiger partial charge in [-0.1, -0.05) is 0 Å². The second kappa shape index (κ2) is 10.4. The molecule has 3 aromatic heterocycles. The van der Waals surface area contributed by atoms with Crippen LogP contribution in [0, 0.1) is 12.3 Å². The van der Waals surface area contributed by atoms with E-state index in [1.165, 1.54) is 26.1 Å². The highest BCUT2D eigenvalue weighted by Crippen LogP contribution is 2.49. The van der Waals surface area contributed by atoms with Crippen LogP contribution in [0.5, 0.6) is 5.88 Å². The first-order valence-corrected chi connectivity index (χ1v) is 13.7. The number of carbonyl (C=O) groups is 1. The van der Waals surface area contributed by atoms with E-state index in [4.69, 9.17) is 19.2 Å². The van der Waals surface area contributed by atoms with Crippen LogP contribution in [0.25, 0.3) is 11.1 Å². The topological polar surface area (TPSA) is 98.7 Å². The molecule has 0 atom stereocenters. The number of amides is 1. The number of halogens is 1. The summed E-state index contributed by atoms with van der Waals surface area (Å²) in [5, 5.41) is 2.85. The predicted octanol–water partition coefficient (Wildman–Crippen LogP) is 4.70. The quantitative estimate of drug-likeness (QED) is 0.455. The number of morpholine rings is 1. The molecule has 0 radical (unpaired) electrons. The van der Waals surface area contributed by atoms with Gasteiger partial charge in [0.25, 0.3) is 5.91 Å². The van der Waals surface area contributed by atoms with Gasteiger partial charge in [0.15, 0.2) is 0 Å². The number of alkyl halides is 1. The molecule has 210 valence electrons. The summed E-state index contributed by atoms with van der Waals surface area (Å²) >= 11 is 0. The Kier molecular flexibility index (Phi) is 6.92. The fraction of sp³-hybridized carbons (Fsp3) is 0.467. The van der Waals surface area contributed by atoms with Crippen LogP contribution in [-0.2, 0) is 15.1 Å². The van der Waals surface area contributed by atoms with Gasteiger partial charge >= 0.3 is 0 Å². The van der Waals surface area contributed by atoms with Crippen molar-refractivity contribution in [1.82, 2.24) is 15.0 Å². The summed E-state index contributed by atoms with van der Waals surface area (Å²) in [6.45, 7) is 9.24.